The van der Waals surface area contributed by atoms with Gasteiger partial charge in [0.05, 0.1) is 40.9 Å². The van der Waals surface area contributed by atoms with Gasteiger partial charge in [0.2, 0.25) is 0 Å². The summed E-state index contributed by atoms with van der Waals surface area (Å²) in [5.74, 6) is -0.290. The van der Waals surface area contributed by atoms with Gasteiger partial charge in [-0.25, -0.2) is 4.39 Å². The largest absolute Gasteiger partial charge is 0.383 e. The topological polar surface area (TPSA) is 114 Å². The number of nitrogens with one attached hydrogen (secondary N) is 4. The first-order valence-electron chi connectivity index (χ1n) is 13.7. The van der Waals surface area contributed by atoms with E-state index in [-0.39, 0.29) is 17.3 Å². The molecule has 9 nitrogen and oxygen atoms in total. The molecule has 0 amide bonds. The van der Waals surface area contributed by atoms with Gasteiger partial charge in [0.15, 0.2) is 0 Å². The van der Waals surface area contributed by atoms with Gasteiger partial charge in [-0.2, -0.15) is 15.5 Å². The number of fused-ring (bicyclic) bond motifs is 1. The van der Waals surface area contributed by atoms with E-state index in [4.69, 9.17) is 4.98 Å². The molecule has 3 heterocycles. The van der Waals surface area contributed by atoms with Gasteiger partial charge < -0.3 is 16.1 Å². The highest BCUT2D eigenvalue weighted by molar-refractivity contribution is 6.04. The van der Waals surface area contributed by atoms with Crippen molar-refractivity contribution in [1.82, 2.24) is 31.2 Å². The van der Waals surface area contributed by atoms with E-state index in [0.717, 1.165) is 57.5 Å². The van der Waals surface area contributed by atoms with Crippen LogP contribution in [0.25, 0.3) is 22.0 Å². The fourth-order valence-corrected chi connectivity index (χ4v) is 4.89. The van der Waals surface area contributed by atoms with Crippen LogP contribution in [0.1, 0.15) is 50.8 Å². The maximum atomic E-state index is 13.9. The molecule has 1 saturated carbocycles. The van der Waals surface area contributed by atoms with Crippen molar-refractivity contribution in [2.75, 3.05) is 17.2 Å². The molecule has 2 aromatic carbocycles. The van der Waals surface area contributed by atoms with Crippen molar-refractivity contribution in [1.29, 1.82) is 5.26 Å². The van der Waals surface area contributed by atoms with Crippen molar-refractivity contribution < 1.29 is 4.39 Å². The van der Waals surface area contributed by atoms with Gasteiger partial charge in [-0.05, 0) is 54.2 Å². The van der Waals surface area contributed by atoms with E-state index < -0.39 is 0 Å². The van der Waals surface area contributed by atoms with Gasteiger partial charge in [0.25, 0.3) is 0 Å². The predicted molar refractivity (Wildman–Crippen MR) is 157 cm³/mol. The van der Waals surface area contributed by atoms with Crippen LogP contribution in [0.4, 0.5) is 15.8 Å². The fraction of sp³-hybridized carbons (Fsp3) is 0.290. The lowest BCUT2D eigenvalue weighted by molar-refractivity contribution is 0.260. The molecule has 1 atom stereocenters. The Kier molecular flexibility index (Phi) is 6.89. The zero-order chi connectivity index (χ0) is 28.6. The van der Waals surface area contributed by atoms with Crippen molar-refractivity contribution in [3.63, 3.8) is 0 Å². The molecule has 1 fully saturated rings. The molecular weight excluding hydrogens is 517 g/mol. The first-order valence-corrected chi connectivity index (χ1v) is 13.7. The van der Waals surface area contributed by atoms with E-state index in [0.29, 0.717) is 18.2 Å². The summed E-state index contributed by atoms with van der Waals surface area (Å²) in [7, 11) is 0. The van der Waals surface area contributed by atoms with Gasteiger partial charge >= 0.3 is 0 Å². The molecule has 1 aliphatic heterocycles. The average Bonchev–Trinajstić information content (AvgIpc) is 3.71. The van der Waals surface area contributed by atoms with Crippen molar-refractivity contribution in [2.24, 2.45) is 5.41 Å². The number of nitrogens with zero attached hydrogens (tertiary/aromatic N) is 5. The standard InChI is InChI=1S/C31H32FN9/c1-31(2,3)18-35-28-21(14-33)15-34-30-25(20-10-11-36-37-16-20)12-23(13-26(28)30)38-29(19-4-6-22(32)7-5-19)27-17-41(40-39-27)24-8-9-24/h4-7,10-13,15-17,24,29,38-40H,8-9,18H2,1-3H3,(H,34,35). The second-order valence-electron chi connectivity index (χ2n) is 11.7. The lowest BCUT2D eigenvalue weighted by atomic mass is 9.95. The summed E-state index contributed by atoms with van der Waals surface area (Å²) in [6.45, 7) is 7.10. The van der Waals surface area contributed by atoms with Gasteiger partial charge in [0, 0.05) is 47.2 Å². The van der Waals surface area contributed by atoms with Crippen LogP contribution in [-0.4, -0.2) is 32.8 Å². The number of rotatable bonds is 8. The number of pyridine rings is 1. The molecular formula is C31H32FN9. The molecule has 0 spiro atoms. The van der Waals surface area contributed by atoms with Crippen LogP contribution in [0.15, 0.2) is 73.0 Å². The summed E-state index contributed by atoms with van der Waals surface area (Å²) in [5.41, 5.74) is 12.8. The molecule has 41 heavy (non-hydrogen) atoms. The molecule has 1 unspecified atom stereocenters. The molecule has 2 aromatic heterocycles. The first-order chi connectivity index (χ1) is 19.8. The number of benzene rings is 2. The van der Waals surface area contributed by atoms with E-state index in [9.17, 15) is 9.65 Å². The Morgan fingerprint density at radius 3 is 2.61 bits per heavy atom. The quantitative estimate of drug-likeness (QED) is 0.222. The fourth-order valence-electron chi connectivity index (χ4n) is 4.89. The predicted octanol–water partition coefficient (Wildman–Crippen LogP) is 5.64. The average molecular weight is 550 g/mol. The summed E-state index contributed by atoms with van der Waals surface area (Å²) in [6.07, 6.45) is 9.32. The lowest BCUT2D eigenvalue weighted by Crippen LogP contribution is -2.38. The summed E-state index contributed by atoms with van der Waals surface area (Å²) in [6, 6.07) is 14.9. The Hall–Kier alpha value is -4.75. The van der Waals surface area contributed by atoms with Crippen LogP contribution in [0, 0.1) is 22.6 Å². The maximum absolute atomic E-state index is 13.9. The minimum atomic E-state index is -0.314. The molecule has 6 rings (SSSR count). The Morgan fingerprint density at radius 1 is 1.12 bits per heavy atom. The number of aromatic nitrogens is 3. The number of nitriles is 1. The second kappa shape index (κ2) is 10.7. The van der Waals surface area contributed by atoms with Gasteiger partial charge in [0.1, 0.15) is 11.9 Å². The van der Waals surface area contributed by atoms with E-state index in [1.807, 2.05) is 18.2 Å². The van der Waals surface area contributed by atoms with Crippen LogP contribution in [0.2, 0.25) is 0 Å². The van der Waals surface area contributed by atoms with Gasteiger partial charge in [-0.15, -0.1) is 5.53 Å². The molecule has 4 aromatic rings. The molecule has 2 aliphatic rings. The summed E-state index contributed by atoms with van der Waals surface area (Å²) in [4.78, 5) is 4.71. The summed E-state index contributed by atoms with van der Waals surface area (Å²) < 4.78 is 13.9. The second-order valence-corrected chi connectivity index (χ2v) is 11.7. The van der Waals surface area contributed by atoms with E-state index in [1.165, 1.54) is 12.1 Å². The first kappa shape index (κ1) is 26.5. The highest BCUT2D eigenvalue weighted by atomic mass is 19.1. The number of hydrogen-bond acceptors (Lipinski definition) is 9. The molecule has 0 radical (unpaired) electrons. The Labute approximate surface area is 238 Å². The smallest absolute Gasteiger partial charge is 0.123 e. The Morgan fingerprint density at radius 2 is 1.93 bits per heavy atom. The number of halogens is 1. The summed E-state index contributed by atoms with van der Waals surface area (Å²) in [5, 5.41) is 28.1. The van der Waals surface area contributed by atoms with Crippen LogP contribution >= 0.6 is 0 Å². The normalized spacial score (nSPS) is 15.7. The number of hydrazine groups is 2. The SMILES string of the molecule is CC(C)(C)CNc1c(C#N)cnc2c(-c3ccnnc3)cc(NC(C3=CN(C4CC4)NN3)c3ccc(F)cc3)cc12. The van der Waals surface area contributed by atoms with Crippen molar-refractivity contribution in [3.8, 4) is 17.2 Å². The third kappa shape index (κ3) is 5.76. The maximum Gasteiger partial charge on any atom is 0.123 e. The molecule has 208 valence electrons. The summed E-state index contributed by atoms with van der Waals surface area (Å²) >= 11 is 0. The van der Waals surface area contributed by atoms with Crippen molar-refractivity contribution in [2.45, 2.75) is 45.7 Å². The number of anilines is 2. The molecule has 4 N–H and O–H groups in total. The zero-order valence-electron chi connectivity index (χ0n) is 23.2. The minimum Gasteiger partial charge on any atom is -0.383 e. The van der Waals surface area contributed by atoms with Gasteiger partial charge in [-0.3, -0.25) is 9.99 Å². The van der Waals surface area contributed by atoms with Crippen LogP contribution < -0.4 is 21.6 Å². The molecule has 1 aliphatic carbocycles. The molecule has 0 saturated heterocycles. The van der Waals surface area contributed by atoms with Crippen LogP contribution in [-0.2, 0) is 0 Å². The van der Waals surface area contributed by atoms with E-state index in [1.54, 1.807) is 30.7 Å². The van der Waals surface area contributed by atoms with Crippen LogP contribution in [0.5, 0.6) is 0 Å². The Balaban J connectivity index is 1.49. The molecule has 10 heteroatoms. The molecule has 0 bridgehead atoms. The highest BCUT2D eigenvalue weighted by Crippen LogP contribution is 2.38. The number of hydrogen-bond donors (Lipinski definition) is 4. The third-order valence-corrected chi connectivity index (χ3v) is 7.16. The van der Waals surface area contributed by atoms with E-state index in [2.05, 4.69) is 69.8 Å². The Bertz CT molecular complexity index is 1640. The highest BCUT2D eigenvalue weighted by Gasteiger charge is 2.32. The van der Waals surface area contributed by atoms with Crippen molar-refractivity contribution in [3.05, 3.63) is 89.9 Å². The van der Waals surface area contributed by atoms with Crippen molar-refractivity contribution >= 4 is 22.3 Å². The minimum absolute atomic E-state index is 0.00917. The lowest BCUT2D eigenvalue weighted by Gasteiger charge is -2.24. The van der Waals surface area contributed by atoms with E-state index >= 15 is 0 Å². The van der Waals surface area contributed by atoms with Gasteiger partial charge in [-0.1, -0.05) is 32.9 Å². The van der Waals surface area contributed by atoms with Crippen LogP contribution in [0.3, 0.4) is 0 Å². The third-order valence-electron chi connectivity index (χ3n) is 7.16. The monoisotopic (exact) mass is 549 g/mol. The zero-order valence-corrected chi connectivity index (χ0v) is 23.2.